The van der Waals surface area contributed by atoms with Crippen molar-refractivity contribution in [3.8, 4) is 0 Å². The highest BCUT2D eigenvalue weighted by Crippen LogP contribution is 2.09. The van der Waals surface area contributed by atoms with Crippen molar-refractivity contribution >= 4 is 5.96 Å². The smallest absolute Gasteiger partial charge is 0.191 e. The Morgan fingerprint density at radius 3 is 2.42 bits per heavy atom. The highest BCUT2D eigenvalue weighted by atomic mass is 16.5. The Morgan fingerprint density at radius 2 is 1.69 bits per heavy atom. The average molecular weight is 355 g/mol. The Labute approximate surface area is 156 Å². The van der Waals surface area contributed by atoms with Gasteiger partial charge in [0.1, 0.15) is 0 Å². The van der Waals surface area contributed by atoms with Crippen LogP contribution in [-0.4, -0.2) is 32.8 Å². The zero-order valence-electron chi connectivity index (χ0n) is 15.9. The van der Waals surface area contributed by atoms with Crippen LogP contribution in [0.1, 0.15) is 23.6 Å². The summed E-state index contributed by atoms with van der Waals surface area (Å²) >= 11 is 0. The van der Waals surface area contributed by atoms with Gasteiger partial charge in [0.25, 0.3) is 0 Å². The minimum Gasteiger partial charge on any atom is -0.383 e. The van der Waals surface area contributed by atoms with Crippen LogP contribution in [0.4, 0.5) is 0 Å². The first-order valence-corrected chi connectivity index (χ1v) is 8.87. The van der Waals surface area contributed by atoms with E-state index >= 15 is 0 Å². The maximum atomic E-state index is 5.82. The van der Waals surface area contributed by atoms with Crippen LogP contribution >= 0.6 is 0 Å². The van der Waals surface area contributed by atoms with Crippen molar-refractivity contribution in [2.75, 3.05) is 20.8 Å². The number of ether oxygens (including phenoxy) is 2. The molecular weight excluding hydrogens is 326 g/mol. The SMILES string of the molecule is CN=C(NCc1cccc(COCc2ccccc2)c1)NC(C)COC. The van der Waals surface area contributed by atoms with Crippen LogP contribution in [0.15, 0.2) is 59.6 Å². The quantitative estimate of drug-likeness (QED) is 0.536. The van der Waals surface area contributed by atoms with Crippen LogP contribution in [-0.2, 0) is 29.2 Å². The third-order valence-electron chi connectivity index (χ3n) is 3.86. The fourth-order valence-corrected chi connectivity index (χ4v) is 2.60. The number of aliphatic imine (C=N–C) groups is 1. The van der Waals surface area contributed by atoms with Crippen molar-refractivity contribution in [1.82, 2.24) is 10.6 Å². The van der Waals surface area contributed by atoms with Gasteiger partial charge < -0.3 is 20.1 Å². The molecule has 0 heterocycles. The van der Waals surface area contributed by atoms with E-state index in [1.807, 2.05) is 18.2 Å². The molecule has 0 saturated heterocycles. The molecule has 0 bridgehead atoms. The summed E-state index contributed by atoms with van der Waals surface area (Å²) in [5.41, 5.74) is 3.54. The van der Waals surface area contributed by atoms with Crippen LogP contribution in [0.3, 0.4) is 0 Å². The first-order valence-electron chi connectivity index (χ1n) is 8.87. The fourth-order valence-electron chi connectivity index (χ4n) is 2.60. The number of hydrogen-bond acceptors (Lipinski definition) is 3. The lowest BCUT2D eigenvalue weighted by molar-refractivity contribution is 0.107. The molecule has 2 aromatic rings. The third-order valence-corrected chi connectivity index (χ3v) is 3.86. The lowest BCUT2D eigenvalue weighted by atomic mass is 10.1. The van der Waals surface area contributed by atoms with Crippen molar-refractivity contribution in [2.45, 2.75) is 32.7 Å². The molecule has 1 atom stereocenters. The number of benzene rings is 2. The number of guanidine groups is 1. The number of rotatable bonds is 9. The number of hydrogen-bond donors (Lipinski definition) is 2. The summed E-state index contributed by atoms with van der Waals surface area (Å²) in [5.74, 6) is 0.764. The molecule has 2 rings (SSSR count). The predicted octanol–water partition coefficient (Wildman–Crippen LogP) is 3.10. The molecule has 0 radical (unpaired) electrons. The van der Waals surface area contributed by atoms with E-state index in [-0.39, 0.29) is 6.04 Å². The lowest BCUT2D eigenvalue weighted by Crippen LogP contribution is -2.43. The molecule has 0 fully saturated rings. The molecule has 0 aliphatic carbocycles. The molecule has 2 N–H and O–H groups in total. The summed E-state index contributed by atoms with van der Waals surface area (Å²) in [4.78, 5) is 4.25. The Hall–Kier alpha value is -2.37. The summed E-state index contributed by atoms with van der Waals surface area (Å²) in [6.07, 6.45) is 0. The average Bonchev–Trinajstić information content (AvgIpc) is 2.66. The van der Waals surface area contributed by atoms with E-state index < -0.39 is 0 Å². The third kappa shape index (κ3) is 7.25. The van der Waals surface area contributed by atoms with Gasteiger partial charge in [-0.05, 0) is 23.6 Å². The van der Waals surface area contributed by atoms with Gasteiger partial charge in [0, 0.05) is 26.7 Å². The second-order valence-electron chi connectivity index (χ2n) is 6.22. The maximum Gasteiger partial charge on any atom is 0.191 e. The van der Waals surface area contributed by atoms with E-state index in [1.165, 1.54) is 11.1 Å². The summed E-state index contributed by atoms with van der Waals surface area (Å²) in [5, 5.41) is 6.62. The van der Waals surface area contributed by atoms with E-state index in [0.29, 0.717) is 26.4 Å². The van der Waals surface area contributed by atoms with Crippen molar-refractivity contribution < 1.29 is 9.47 Å². The van der Waals surface area contributed by atoms with Crippen LogP contribution in [0.2, 0.25) is 0 Å². The Morgan fingerprint density at radius 1 is 1.00 bits per heavy atom. The molecule has 0 aliphatic heterocycles. The molecule has 5 nitrogen and oxygen atoms in total. The predicted molar refractivity (Wildman–Crippen MR) is 106 cm³/mol. The highest BCUT2D eigenvalue weighted by Gasteiger charge is 2.05. The topological polar surface area (TPSA) is 54.9 Å². The molecule has 140 valence electrons. The highest BCUT2D eigenvalue weighted by molar-refractivity contribution is 5.79. The second kappa shape index (κ2) is 11.3. The Bertz CT molecular complexity index is 674. The van der Waals surface area contributed by atoms with Gasteiger partial charge in [0.2, 0.25) is 0 Å². The van der Waals surface area contributed by atoms with E-state index in [9.17, 15) is 0 Å². The zero-order chi connectivity index (χ0) is 18.6. The molecule has 1 unspecified atom stereocenters. The van der Waals surface area contributed by atoms with Crippen LogP contribution in [0, 0.1) is 0 Å². The fraction of sp³-hybridized carbons (Fsp3) is 0.381. The first-order chi connectivity index (χ1) is 12.7. The van der Waals surface area contributed by atoms with E-state index in [0.717, 1.165) is 11.5 Å². The number of nitrogens with zero attached hydrogens (tertiary/aromatic N) is 1. The van der Waals surface area contributed by atoms with Crippen LogP contribution < -0.4 is 10.6 Å². The summed E-state index contributed by atoms with van der Waals surface area (Å²) in [7, 11) is 3.46. The molecule has 0 aromatic heterocycles. The molecule has 0 spiro atoms. The second-order valence-corrected chi connectivity index (χ2v) is 6.22. The van der Waals surface area contributed by atoms with Gasteiger partial charge in [-0.1, -0.05) is 54.6 Å². The molecule has 2 aromatic carbocycles. The standard InChI is InChI=1S/C21H29N3O2/c1-17(14-25-3)24-21(22-2)23-13-19-10-7-11-20(12-19)16-26-15-18-8-5-4-6-9-18/h4-12,17H,13-16H2,1-3H3,(H2,22,23,24). The van der Waals surface area contributed by atoms with E-state index in [1.54, 1.807) is 14.2 Å². The van der Waals surface area contributed by atoms with Gasteiger partial charge in [0.05, 0.1) is 19.8 Å². The first kappa shape index (κ1) is 19.9. The Balaban J connectivity index is 1.80. The Kier molecular flexibility index (Phi) is 8.66. The largest absolute Gasteiger partial charge is 0.383 e. The minimum atomic E-state index is 0.198. The van der Waals surface area contributed by atoms with Gasteiger partial charge >= 0.3 is 0 Å². The number of nitrogens with one attached hydrogen (secondary N) is 2. The molecular formula is C21H29N3O2. The summed E-state index contributed by atoms with van der Waals surface area (Å²) in [6, 6.07) is 18.8. The zero-order valence-corrected chi connectivity index (χ0v) is 15.9. The van der Waals surface area contributed by atoms with Gasteiger partial charge in [-0.2, -0.15) is 0 Å². The van der Waals surface area contributed by atoms with Gasteiger partial charge in [-0.15, -0.1) is 0 Å². The maximum absolute atomic E-state index is 5.82. The molecule has 26 heavy (non-hydrogen) atoms. The van der Waals surface area contributed by atoms with Crippen LogP contribution in [0.25, 0.3) is 0 Å². The van der Waals surface area contributed by atoms with Gasteiger partial charge in [0.15, 0.2) is 5.96 Å². The monoisotopic (exact) mass is 355 g/mol. The molecule has 0 saturated carbocycles. The molecule has 0 amide bonds. The normalized spacial score (nSPS) is 12.7. The van der Waals surface area contributed by atoms with Gasteiger partial charge in [-0.25, -0.2) is 0 Å². The van der Waals surface area contributed by atoms with Gasteiger partial charge in [-0.3, -0.25) is 4.99 Å². The molecule has 5 heteroatoms. The summed E-state index contributed by atoms with van der Waals surface area (Å²) < 4.78 is 11.0. The van der Waals surface area contributed by atoms with Crippen molar-refractivity contribution in [1.29, 1.82) is 0 Å². The number of methoxy groups -OCH3 is 1. The van der Waals surface area contributed by atoms with E-state index in [2.05, 4.69) is 58.9 Å². The molecule has 0 aliphatic rings. The van der Waals surface area contributed by atoms with Crippen LogP contribution in [0.5, 0.6) is 0 Å². The van der Waals surface area contributed by atoms with Crippen molar-refractivity contribution in [3.05, 3.63) is 71.3 Å². The minimum absolute atomic E-state index is 0.198. The van der Waals surface area contributed by atoms with Crippen molar-refractivity contribution in [2.24, 2.45) is 4.99 Å². The summed E-state index contributed by atoms with van der Waals surface area (Å²) in [6.45, 7) is 4.61. The van der Waals surface area contributed by atoms with E-state index in [4.69, 9.17) is 9.47 Å². The van der Waals surface area contributed by atoms with Crippen molar-refractivity contribution in [3.63, 3.8) is 0 Å². The lowest BCUT2D eigenvalue weighted by Gasteiger charge is -2.17.